The van der Waals surface area contributed by atoms with Crippen molar-refractivity contribution in [1.82, 2.24) is 9.55 Å². The number of benzene rings is 2. The van der Waals surface area contributed by atoms with Crippen molar-refractivity contribution in [3.05, 3.63) is 76.9 Å². The molecular weight excluding hydrogens is 444 g/mol. The van der Waals surface area contributed by atoms with Crippen molar-refractivity contribution in [2.24, 2.45) is 0 Å². The molecule has 7 nitrogen and oxygen atoms in total. The third-order valence-corrected chi connectivity index (χ3v) is 6.36. The minimum atomic E-state index is -1.22. The number of aliphatic hydroxyl groups is 1. The molecule has 3 rings (SSSR count). The number of rotatable bonds is 11. The minimum absolute atomic E-state index is 0.223. The highest BCUT2D eigenvalue weighted by atomic mass is 16.5. The maximum Gasteiger partial charge on any atom is 0.357 e. The van der Waals surface area contributed by atoms with Crippen molar-refractivity contribution >= 4 is 11.9 Å². The Hall–Kier alpha value is -3.45. The molecular formula is C28H34N2O5. The fraction of sp³-hybridized carbons (Fsp3) is 0.393. The van der Waals surface area contributed by atoms with Gasteiger partial charge in [-0.25, -0.2) is 14.6 Å². The number of carbonyl (C=O) groups excluding carboxylic acids is 1. The number of aryl methyl sites for hydroxylation is 1. The summed E-state index contributed by atoms with van der Waals surface area (Å²) in [5.74, 6) is -0.742. The number of nitrogens with zero attached hydrogens (tertiary/aromatic N) is 2. The molecule has 0 bridgehead atoms. The van der Waals surface area contributed by atoms with E-state index in [2.05, 4.69) is 0 Å². The summed E-state index contributed by atoms with van der Waals surface area (Å²) in [4.78, 5) is 29.4. The number of hydrogen-bond acceptors (Lipinski definition) is 5. The highest BCUT2D eigenvalue weighted by Crippen LogP contribution is 2.33. The summed E-state index contributed by atoms with van der Waals surface area (Å²) >= 11 is 0. The maximum absolute atomic E-state index is 13.1. The van der Waals surface area contributed by atoms with Crippen LogP contribution in [0.1, 0.15) is 84.9 Å². The van der Waals surface area contributed by atoms with Gasteiger partial charge in [-0.1, -0.05) is 63.2 Å². The predicted octanol–water partition coefficient (Wildman–Crippen LogP) is 5.43. The van der Waals surface area contributed by atoms with E-state index in [9.17, 15) is 19.8 Å². The first kappa shape index (κ1) is 26.2. The summed E-state index contributed by atoms with van der Waals surface area (Å²) in [7, 11) is 0. The quantitative estimate of drug-likeness (QED) is 0.356. The van der Waals surface area contributed by atoms with Gasteiger partial charge >= 0.3 is 11.9 Å². The van der Waals surface area contributed by atoms with E-state index in [1.807, 2.05) is 55.7 Å². The van der Waals surface area contributed by atoms with Crippen molar-refractivity contribution < 1.29 is 24.5 Å². The Kier molecular flexibility index (Phi) is 8.46. The SMILES string of the molecule is CCCc1nc(C(O)(CC)CC)c(C(=O)OCC)n1Cc1ccc(-c2ccccc2C(=O)O)cc1. The molecule has 0 atom stereocenters. The lowest BCUT2D eigenvalue weighted by Gasteiger charge is -2.24. The fourth-order valence-corrected chi connectivity index (χ4v) is 4.29. The molecule has 0 aliphatic carbocycles. The monoisotopic (exact) mass is 478 g/mol. The highest BCUT2D eigenvalue weighted by molar-refractivity contribution is 5.96. The smallest absolute Gasteiger partial charge is 0.357 e. The number of ether oxygens (including phenoxy) is 1. The molecule has 0 aliphatic rings. The van der Waals surface area contributed by atoms with E-state index in [0.29, 0.717) is 42.8 Å². The average Bonchev–Trinajstić information content (AvgIpc) is 3.22. The first-order chi connectivity index (χ1) is 16.8. The minimum Gasteiger partial charge on any atom is -0.478 e. The third kappa shape index (κ3) is 5.46. The lowest BCUT2D eigenvalue weighted by atomic mass is 9.92. The second kappa shape index (κ2) is 11.3. The average molecular weight is 479 g/mol. The van der Waals surface area contributed by atoms with Crippen LogP contribution in [0.4, 0.5) is 0 Å². The highest BCUT2D eigenvalue weighted by Gasteiger charge is 2.36. The second-order valence-electron chi connectivity index (χ2n) is 8.57. The van der Waals surface area contributed by atoms with Crippen LogP contribution in [-0.4, -0.2) is 38.3 Å². The van der Waals surface area contributed by atoms with Crippen LogP contribution in [0, 0.1) is 0 Å². The second-order valence-corrected chi connectivity index (χ2v) is 8.57. The Balaban J connectivity index is 2.07. The van der Waals surface area contributed by atoms with Gasteiger partial charge in [0.2, 0.25) is 0 Å². The number of carbonyl (C=O) groups is 2. The zero-order valence-corrected chi connectivity index (χ0v) is 20.9. The lowest BCUT2D eigenvalue weighted by molar-refractivity contribution is 0.0204. The van der Waals surface area contributed by atoms with Crippen molar-refractivity contribution in [3.8, 4) is 11.1 Å². The van der Waals surface area contributed by atoms with Gasteiger partial charge < -0.3 is 19.5 Å². The van der Waals surface area contributed by atoms with Gasteiger partial charge in [0.05, 0.1) is 12.2 Å². The summed E-state index contributed by atoms with van der Waals surface area (Å²) in [6, 6.07) is 14.5. The third-order valence-electron chi connectivity index (χ3n) is 6.36. The van der Waals surface area contributed by atoms with E-state index >= 15 is 0 Å². The Morgan fingerprint density at radius 1 is 1.00 bits per heavy atom. The number of aromatic nitrogens is 2. The molecule has 0 amide bonds. The Morgan fingerprint density at radius 2 is 1.66 bits per heavy atom. The molecule has 0 saturated carbocycles. The zero-order valence-electron chi connectivity index (χ0n) is 20.9. The van der Waals surface area contributed by atoms with E-state index < -0.39 is 17.5 Å². The van der Waals surface area contributed by atoms with Crippen LogP contribution in [0.25, 0.3) is 11.1 Å². The number of aromatic carboxylic acids is 1. The molecule has 3 aromatic rings. The molecule has 0 fully saturated rings. The molecule has 1 heterocycles. The standard InChI is InChI=1S/C28H34N2O5/c1-5-11-23-29-25(28(34,6-2)7-3)24(27(33)35-8-4)30(23)18-19-14-16-20(17-15-19)21-12-9-10-13-22(21)26(31)32/h9-10,12-17,34H,5-8,11,18H2,1-4H3,(H,31,32). The Morgan fingerprint density at radius 3 is 2.23 bits per heavy atom. The summed E-state index contributed by atoms with van der Waals surface area (Å²) in [5, 5.41) is 20.8. The van der Waals surface area contributed by atoms with Crippen molar-refractivity contribution in [2.75, 3.05) is 6.61 Å². The molecule has 1 aromatic heterocycles. The van der Waals surface area contributed by atoms with Crippen LogP contribution >= 0.6 is 0 Å². The summed E-state index contributed by atoms with van der Waals surface area (Å²) < 4.78 is 7.22. The maximum atomic E-state index is 13.1. The van der Waals surface area contributed by atoms with Crippen LogP contribution in [-0.2, 0) is 23.3 Å². The molecule has 0 radical (unpaired) electrons. The van der Waals surface area contributed by atoms with E-state index in [1.54, 1.807) is 25.1 Å². The van der Waals surface area contributed by atoms with Gasteiger partial charge in [0, 0.05) is 13.0 Å². The Bertz CT molecular complexity index is 1180. The molecule has 2 aromatic carbocycles. The van der Waals surface area contributed by atoms with E-state index in [0.717, 1.165) is 23.4 Å². The van der Waals surface area contributed by atoms with Crippen molar-refractivity contribution in [1.29, 1.82) is 0 Å². The van der Waals surface area contributed by atoms with Crippen LogP contribution < -0.4 is 0 Å². The van der Waals surface area contributed by atoms with Crippen LogP contribution in [0.15, 0.2) is 48.5 Å². The summed E-state index contributed by atoms with van der Waals surface area (Å²) in [6.45, 7) is 8.16. The van der Waals surface area contributed by atoms with Crippen LogP contribution in [0.5, 0.6) is 0 Å². The lowest BCUT2D eigenvalue weighted by Crippen LogP contribution is -2.28. The molecule has 7 heteroatoms. The number of carboxylic acids is 1. The molecule has 186 valence electrons. The molecule has 0 spiro atoms. The van der Waals surface area contributed by atoms with Gasteiger partial charge in [-0.3, -0.25) is 0 Å². The van der Waals surface area contributed by atoms with Gasteiger partial charge in [0.15, 0.2) is 5.69 Å². The van der Waals surface area contributed by atoms with Crippen LogP contribution in [0.2, 0.25) is 0 Å². The van der Waals surface area contributed by atoms with Crippen molar-refractivity contribution in [3.63, 3.8) is 0 Å². The topological polar surface area (TPSA) is 102 Å². The molecule has 0 saturated heterocycles. The number of carboxylic acid groups (broad SMARTS) is 1. The van der Waals surface area contributed by atoms with Gasteiger partial charge in [-0.15, -0.1) is 0 Å². The largest absolute Gasteiger partial charge is 0.478 e. The summed E-state index contributed by atoms with van der Waals surface area (Å²) in [5.41, 5.74) is 2.05. The fourth-order valence-electron chi connectivity index (χ4n) is 4.29. The predicted molar refractivity (Wildman–Crippen MR) is 135 cm³/mol. The summed E-state index contributed by atoms with van der Waals surface area (Å²) in [6.07, 6.45) is 2.34. The first-order valence-corrected chi connectivity index (χ1v) is 12.2. The molecule has 0 aliphatic heterocycles. The molecule has 35 heavy (non-hydrogen) atoms. The van der Waals surface area contributed by atoms with Crippen molar-refractivity contribution in [2.45, 2.75) is 65.5 Å². The normalized spacial score (nSPS) is 11.5. The number of imidazole rings is 1. The first-order valence-electron chi connectivity index (χ1n) is 12.2. The van der Waals surface area contributed by atoms with E-state index in [-0.39, 0.29) is 12.2 Å². The van der Waals surface area contributed by atoms with E-state index in [4.69, 9.17) is 9.72 Å². The number of hydrogen-bond donors (Lipinski definition) is 2. The Labute approximate surface area is 206 Å². The van der Waals surface area contributed by atoms with E-state index in [1.165, 1.54) is 0 Å². The van der Waals surface area contributed by atoms with Gasteiger partial charge in [-0.05, 0) is 48.9 Å². The van der Waals surface area contributed by atoms with Gasteiger partial charge in [0.1, 0.15) is 17.1 Å². The molecule has 2 N–H and O–H groups in total. The van der Waals surface area contributed by atoms with Gasteiger partial charge in [0.25, 0.3) is 0 Å². The zero-order chi connectivity index (χ0) is 25.6. The van der Waals surface area contributed by atoms with Crippen LogP contribution in [0.3, 0.4) is 0 Å². The van der Waals surface area contributed by atoms with Gasteiger partial charge in [-0.2, -0.15) is 0 Å². The molecule has 0 unspecified atom stereocenters. The number of esters is 1.